The number of hydrogen-bond donors (Lipinski definition) is 1. The minimum atomic E-state index is -2.34. The molecule has 7 nitrogen and oxygen atoms in total. The van der Waals surface area contributed by atoms with Gasteiger partial charge in [-0.1, -0.05) is 30.3 Å². The van der Waals surface area contributed by atoms with E-state index in [0.29, 0.717) is 35.1 Å². The normalized spacial score (nSPS) is 22.4. The fraction of sp³-hybridized carbons (Fsp3) is 0.387. The molecular formula is C31H33FN5O2P. The van der Waals surface area contributed by atoms with Crippen molar-refractivity contribution in [3.63, 3.8) is 0 Å². The maximum atomic E-state index is 15.4. The Morgan fingerprint density at radius 1 is 1.10 bits per heavy atom. The Hall–Kier alpha value is -3.35. The quantitative estimate of drug-likeness (QED) is 0.288. The Morgan fingerprint density at radius 3 is 2.65 bits per heavy atom. The summed E-state index contributed by atoms with van der Waals surface area (Å²) in [7, 11) is -2.34. The van der Waals surface area contributed by atoms with Crippen molar-refractivity contribution in [3.8, 4) is 11.3 Å². The molecule has 1 N–H and O–H groups in total. The van der Waals surface area contributed by atoms with Crippen molar-refractivity contribution >= 4 is 18.8 Å². The predicted molar refractivity (Wildman–Crippen MR) is 154 cm³/mol. The molecular weight excluding hydrogens is 524 g/mol. The summed E-state index contributed by atoms with van der Waals surface area (Å²) in [5.41, 5.74) is 6.22. The van der Waals surface area contributed by atoms with Gasteiger partial charge in [-0.2, -0.15) is 5.10 Å². The first-order valence-electron chi connectivity index (χ1n) is 14.1. The van der Waals surface area contributed by atoms with Crippen molar-refractivity contribution in [2.75, 3.05) is 19.9 Å². The Bertz CT molecular complexity index is 1710. The van der Waals surface area contributed by atoms with Crippen LogP contribution in [0.5, 0.6) is 0 Å². The van der Waals surface area contributed by atoms with Gasteiger partial charge in [-0.05, 0) is 67.5 Å². The molecule has 7 rings (SSSR count). The highest BCUT2D eigenvalue weighted by molar-refractivity contribution is 7.60. The zero-order valence-corrected chi connectivity index (χ0v) is 23.9. The minimum Gasteiger partial charge on any atom is -0.330 e. The Morgan fingerprint density at radius 2 is 1.90 bits per heavy atom. The predicted octanol–water partition coefficient (Wildman–Crippen LogP) is 6.16. The van der Waals surface area contributed by atoms with Gasteiger partial charge >= 0.3 is 0 Å². The lowest BCUT2D eigenvalue weighted by molar-refractivity contribution is 0.0671. The van der Waals surface area contributed by atoms with E-state index in [0.717, 1.165) is 36.9 Å². The molecule has 1 aliphatic heterocycles. The molecule has 0 unspecified atom stereocenters. The lowest BCUT2D eigenvalue weighted by Crippen LogP contribution is -2.39. The zero-order valence-electron chi connectivity index (χ0n) is 23.0. The largest absolute Gasteiger partial charge is 0.330 e. The van der Waals surface area contributed by atoms with E-state index in [2.05, 4.69) is 24.1 Å². The van der Waals surface area contributed by atoms with Gasteiger partial charge in [-0.15, -0.1) is 0 Å². The van der Waals surface area contributed by atoms with Crippen molar-refractivity contribution < 1.29 is 13.8 Å². The van der Waals surface area contributed by atoms with E-state index in [4.69, 9.17) is 10.1 Å². The van der Waals surface area contributed by atoms with Crippen molar-refractivity contribution in [2.24, 2.45) is 0 Å². The first kappa shape index (κ1) is 25.6. The molecule has 40 heavy (non-hydrogen) atoms. The summed E-state index contributed by atoms with van der Waals surface area (Å²) >= 11 is 0. The second kappa shape index (κ2) is 9.35. The fourth-order valence-corrected chi connectivity index (χ4v) is 7.26. The maximum absolute atomic E-state index is 15.4. The minimum absolute atomic E-state index is 0.0317. The second-order valence-electron chi connectivity index (χ2n) is 11.9. The van der Waals surface area contributed by atoms with Crippen LogP contribution < -0.4 is 5.09 Å². The molecule has 4 aromatic rings. The molecule has 3 heterocycles. The van der Waals surface area contributed by atoms with Crippen LogP contribution in [-0.2, 0) is 11.0 Å². The highest BCUT2D eigenvalue weighted by atomic mass is 31.2. The molecule has 0 radical (unpaired) electrons. The number of nitrogens with zero attached hydrogens (tertiary/aromatic N) is 4. The number of benzene rings is 2. The Labute approximate surface area is 233 Å². The smallest absolute Gasteiger partial charge is 0.273 e. The molecule has 3 aliphatic rings. The van der Waals surface area contributed by atoms with Gasteiger partial charge in [0.25, 0.3) is 5.91 Å². The number of halogens is 1. The van der Waals surface area contributed by atoms with Crippen molar-refractivity contribution in [1.82, 2.24) is 24.6 Å². The summed E-state index contributed by atoms with van der Waals surface area (Å²) in [6, 6.07) is 17.3. The lowest BCUT2D eigenvalue weighted by Gasteiger charge is -2.35. The van der Waals surface area contributed by atoms with Gasteiger partial charge < -0.3 is 9.46 Å². The number of fused-ring (bicyclic) bond motifs is 2. The standard InChI is InChI=1S/C31H33FN5O2P/c1-18-22-7-5-4-6-19(22)12-13-36(18)31(38)28-16-29(20-8-9-20)37-30(33-28)17-26(34-37)23-11-10-21(14-25(23)32)24-15-27(24)35-40(2,3)39/h4-7,10-11,14,16-18,20,24,27H,8-9,12-13,15H2,1-3H3,(H,35,39)/t18-,24-,27+/m1/s1. The van der Waals surface area contributed by atoms with E-state index in [-0.39, 0.29) is 29.7 Å². The summed E-state index contributed by atoms with van der Waals surface area (Å²) < 4.78 is 29.3. The van der Waals surface area contributed by atoms with Gasteiger partial charge in [-0.25, -0.2) is 13.9 Å². The first-order valence-corrected chi connectivity index (χ1v) is 16.7. The lowest BCUT2D eigenvalue weighted by atomic mass is 9.93. The molecule has 3 atom stereocenters. The third-order valence-corrected chi connectivity index (χ3v) is 9.44. The number of hydrogen-bond acceptors (Lipinski definition) is 4. The zero-order chi connectivity index (χ0) is 27.8. The van der Waals surface area contributed by atoms with Crippen molar-refractivity contribution in [3.05, 3.63) is 88.5 Å². The monoisotopic (exact) mass is 557 g/mol. The highest BCUT2D eigenvalue weighted by Crippen LogP contribution is 2.47. The van der Waals surface area contributed by atoms with Crippen LogP contribution in [0.4, 0.5) is 4.39 Å². The van der Waals surface area contributed by atoms with Gasteiger partial charge in [0, 0.05) is 55.1 Å². The van der Waals surface area contributed by atoms with Crippen LogP contribution in [0.3, 0.4) is 0 Å². The number of nitrogens with one attached hydrogen (secondary N) is 1. The number of amides is 1. The molecule has 2 aromatic carbocycles. The molecule has 2 aromatic heterocycles. The summed E-state index contributed by atoms with van der Waals surface area (Å²) in [5, 5.41) is 7.93. The van der Waals surface area contributed by atoms with Gasteiger partial charge in [0.1, 0.15) is 18.8 Å². The molecule has 206 valence electrons. The van der Waals surface area contributed by atoms with Crippen LogP contribution >= 0.6 is 7.29 Å². The third kappa shape index (κ3) is 4.67. The first-order chi connectivity index (χ1) is 19.2. The highest BCUT2D eigenvalue weighted by Gasteiger charge is 2.40. The summed E-state index contributed by atoms with van der Waals surface area (Å²) in [6.45, 7) is 6.15. The van der Waals surface area contributed by atoms with E-state index < -0.39 is 7.29 Å². The fourth-order valence-electron chi connectivity index (χ4n) is 6.18. The third-order valence-electron chi connectivity index (χ3n) is 8.49. The molecule has 0 saturated heterocycles. The van der Waals surface area contributed by atoms with E-state index in [1.165, 1.54) is 11.1 Å². The van der Waals surface area contributed by atoms with E-state index in [1.807, 2.05) is 29.2 Å². The molecule has 0 spiro atoms. The van der Waals surface area contributed by atoms with E-state index in [9.17, 15) is 9.36 Å². The van der Waals surface area contributed by atoms with Gasteiger partial charge in [0.15, 0.2) is 5.65 Å². The van der Waals surface area contributed by atoms with E-state index in [1.54, 1.807) is 36.0 Å². The number of carbonyl (C=O) groups excluding carboxylic acids is 1. The van der Waals surface area contributed by atoms with Crippen LogP contribution in [0.25, 0.3) is 16.9 Å². The van der Waals surface area contributed by atoms with Gasteiger partial charge in [0.2, 0.25) is 0 Å². The van der Waals surface area contributed by atoms with Crippen LogP contribution in [0.2, 0.25) is 0 Å². The Kier molecular flexibility index (Phi) is 5.99. The van der Waals surface area contributed by atoms with Crippen LogP contribution in [0.1, 0.15) is 76.9 Å². The average Bonchev–Trinajstić information content (AvgIpc) is 3.85. The van der Waals surface area contributed by atoms with Gasteiger partial charge in [-0.3, -0.25) is 9.88 Å². The number of aromatic nitrogens is 3. The Balaban J connectivity index is 1.20. The number of carbonyl (C=O) groups is 1. The molecule has 2 fully saturated rings. The average molecular weight is 558 g/mol. The molecule has 1 amide bonds. The van der Waals surface area contributed by atoms with Crippen LogP contribution in [0.15, 0.2) is 54.6 Å². The summed E-state index contributed by atoms with van der Waals surface area (Å²) in [4.78, 5) is 20.4. The summed E-state index contributed by atoms with van der Waals surface area (Å²) in [6.07, 6.45) is 3.75. The van der Waals surface area contributed by atoms with Gasteiger partial charge in [0.05, 0.1) is 11.7 Å². The maximum Gasteiger partial charge on any atom is 0.273 e. The SMILES string of the molecule is C[C@@H]1c2ccccc2CCN1C(=O)c1cc(C2CC2)n2nc(-c3ccc([C@H]4C[C@@H]4NP(C)(C)=O)cc3F)cc2n1. The van der Waals surface area contributed by atoms with E-state index >= 15 is 4.39 Å². The van der Waals surface area contributed by atoms with Crippen molar-refractivity contribution in [1.29, 1.82) is 0 Å². The number of rotatable bonds is 6. The second-order valence-corrected chi connectivity index (χ2v) is 14.9. The molecule has 2 saturated carbocycles. The van der Waals surface area contributed by atoms with Crippen molar-refractivity contribution in [2.45, 2.75) is 56.5 Å². The summed E-state index contributed by atoms with van der Waals surface area (Å²) in [5.74, 6) is 0.0661. The van der Waals surface area contributed by atoms with Crippen LogP contribution in [-0.4, -0.2) is 51.3 Å². The topological polar surface area (TPSA) is 79.6 Å². The van der Waals surface area contributed by atoms with Crippen LogP contribution in [0, 0.1) is 5.82 Å². The molecule has 2 aliphatic carbocycles. The molecule has 0 bridgehead atoms. The molecule has 9 heteroatoms.